The van der Waals surface area contributed by atoms with Crippen LogP contribution in [0.3, 0.4) is 0 Å². The smallest absolute Gasteiger partial charge is 0.119 e. The number of thioether (sulfide) groups is 1. The number of aryl methyl sites for hydroxylation is 1. The summed E-state index contributed by atoms with van der Waals surface area (Å²) in [4.78, 5) is 0. The fourth-order valence-corrected chi connectivity index (χ4v) is 3.15. The van der Waals surface area contributed by atoms with E-state index >= 15 is 0 Å². The largest absolute Gasteiger partial charge is 0.497 e. The van der Waals surface area contributed by atoms with Crippen molar-refractivity contribution >= 4 is 11.8 Å². The van der Waals surface area contributed by atoms with Crippen LogP contribution in [0.4, 0.5) is 0 Å². The molecule has 0 heterocycles. The zero-order valence-corrected chi connectivity index (χ0v) is 10.5. The third kappa shape index (κ3) is 1.87. The molecule has 1 unspecified atom stereocenters. The molecule has 0 amide bonds. The van der Waals surface area contributed by atoms with Crippen molar-refractivity contribution in [3.05, 3.63) is 29.3 Å². The van der Waals surface area contributed by atoms with Gasteiger partial charge >= 0.3 is 0 Å². The average Bonchev–Trinajstić information content (AvgIpc) is 2.29. The van der Waals surface area contributed by atoms with Gasteiger partial charge < -0.3 is 4.74 Å². The number of rotatable bonds is 2. The fourth-order valence-electron chi connectivity index (χ4n) is 2.38. The van der Waals surface area contributed by atoms with E-state index in [2.05, 4.69) is 31.4 Å². The van der Waals surface area contributed by atoms with Gasteiger partial charge in [0.15, 0.2) is 0 Å². The van der Waals surface area contributed by atoms with Gasteiger partial charge in [-0.05, 0) is 55.7 Å². The summed E-state index contributed by atoms with van der Waals surface area (Å²) < 4.78 is 5.58. The monoisotopic (exact) mass is 222 g/mol. The lowest BCUT2D eigenvalue weighted by atomic mass is 9.83. The molecule has 0 saturated carbocycles. The summed E-state index contributed by atoms with van der Waals surface area (Å²) in [6.07, 6.45) is 5.98. The van der Waals surface area contributed by atoms with Gasteiger partial charge in [0, 0.05) is 4.75 Å². The average molecular weight is 222 g/mol. The molecular weight excluding hydrogens is 204 g/mol. The summed E-state index contributed by atoms with van der Waals surface area (Å²) >= 11 is 1.96. The van der Waals surface area contributed by atoms with Crippen molar-refractivity contribution in [2.24, 2.45) is 0 Å². The Balaban J connectivity index is 2.45. The molecular formula is C13H18OS. The molecule has 1 aromatic carbocycles. The topological polar surface area (TPSA) is 9.23 Å². The Labute approximate surface area is 96.2 Å². The van der Waals surface area contributed by atoms with Gasteiger partial charge in [0.25, 0.3) is 0 Å². The predicted molar refractivity (Wildman–Crippen MR) is 66.8 cm³/mol. The maximum absolute atomic E-state index is 5.28. The van der Waals surface area contributed by atoms with Crippen LogP contribution in [-0.4, -0.2) is 13.4 Å². The van der Waals surface area contributed by atoms with Crippen molar-refractivity contribution in [1.29, 1.82) is 0 Å². The Morgan fingerprint density at radius 2 is 2.20 bits per heavy atom. The highest BCUT2D eigenvalue weighted by Gasteiger charge is 2.30. The van der Waals surface area contributed by atoms with E-state index in [1.807, 2.05) is 11.8 Å². The Bertz CT molecular complexity index is 362. The van der Waals surface area contributed by atoms with E-state index in [0.717, 1.165) is 5.75 Å². The van der Waals surface area contributed by atoms with Crippen LogP contribution in [0.2, 0.25) is 0 Å². The van der Waals surface area contributed by atoms with Gasteiger partial charge in [0.05, 0.1) is 7.11 Å². The molecule has 1 atom stereocenters. The second-order valence-electron chi connectivity index (χ2n) is 4.31. The fraction of sp³-hybridized carbons (Fsp3) is 0.538. The van der Waals surface area contributed by atoms with E-state index in [9.17, 15) is 0 Å². The van der Waals surface area contributed by atoms with Crippen LogP contribution >= 0.6 is 11.8 Å². The molecule has 0 spiro atoms. The van der Waals surface area contributed by atoms with Crippen LogP contribution < -0.4 is 4.74 Å². The second kappa shape index (κ2) is 4.09. The number of benzene rings is 1. The molecule has 0 fully saturated rings. The molecule has 0 N–H and O–H groups in total. The summed E-state index contributed by atoms with van der Waals surface area (Å²) in [5.74, 6) is 0.985. The van der Waals surface area contributed by atoms with Gasteiger partial charge in [-0.2, -0.15) is 11.8 Å². The summed E-state index contributed by atoms with van der Waals surface area (Å²) in [5, 5.41) is 0. The molecule has 82 valence electrons. The summed E-state index contributed by atoms with van der Waals surface area (Å²) in [6, 6.07) is 6.52. The Hall–Kier alpha value is -0.630. The SMILES string of the molecule is COc1ccc2c(c1)CCCC2(C)SC. The number of hydrogen-bond donors (Lipinski definition) is 0. The minimum Gasteiger partial charge on any atom is -0.497 e. The van der Waals surface area contributed by atoms with Gasteiger partial charge in [-0.25, -0.2) is 0 Å². The van der Waals surface area contributed by atoms with Crippen molar-refractivity contribution < 1.29 is 4.74 Å². The zero-order valence-electron chi connectivity index (χ0n) is 9.67. The molecule has 0 radical (unpaired) electrons. The number of ether oxygens (including phenoxy) is 1. The lowest BCUT2D eigenvalue weighted by Crippen LogP contribution is -2.23. The van der Waals surface area contributed by atoms with Crippen molar-refractivity contribution in [2.45, 2.75) is 30.9 Å². The summed E-state index contributed by atoms with van der Waals surface area (Å²) in [5.41, 5.74) is 2.97. The van der Waals surface area contributed by atoms with Gasteiger partial charge in [-0.1, -0.05) is 6.07 Å². The van der Waals surface area contributed by atoms with Gasteiger partial charge in [0.1, 0.15) is 5.75 Å². The maximum Gasteiger partial charge on any atom is 0.119 e. The first-order chi connectivity index (χ1) is 7.19. The van der Waals surface area contributed by atoms with Crippen LogP contribution in [0, 0.1) is 0 Å². The lowest BCUT2D eigenvalue weighted by molar-refractivity contribution is 0.412. The number of fused-ring (bicyclic) bond motifs is 1. The third-order valence-electron chi connectivity index (χ3n) is 3.43. The maximum atomic E-state index is 5.28. The third-order valence-corrected chi connectivity index (χ3v) is 4.76. The van der Waals surface area contributed by atoms with Crippen molar-refractivity contribution in [1.82, 2.24) is 0 Å². The van der Waals surface area contributed by atoms with Crippen molar-refractivity contribution in [2.75, 3.05) is 13.4 Å². The highest BCUT2D eigenvalue weighted by molar-refractivity contribution is 7.99. The highest BCUT2D eigenvalue weighted by atomic mass is 32.2. The van der Waals surface area contributed by atoms with E-state index in [4.69, 9.17) is 4.74 Å². The molecule has 1 aliphatic carbocycles. The van der Waals surface area contributed by atoms with Crippen LogP contribution in [0.25, 0.3) is 0 Å². The van der Waals surface area contributed by atoms with Gasteiger partial charge in [0.2, 0.25) is 0 Å². The highest BCUT2D eigenvalue weighted by Crippen LogP contribution is 2.44. The minimum absolute atomic E-state index is 0.305. The number of methoxy groups -OCH3 is 1. The Morgan fingerprint density at radius 1 is 1.40 bits per heavy atom. The normalized spacial score (nSPS) is 24.7. The molecule has 0 saturated heterocycles. The van der Waals surface area contributed by atoms with E-state index in [1.54, 1.807) is 7.11 Å². The van der Waals surface area contributed by atoms with Crippen LogP contribution in [-0.2, 0) is 11.2 Å². The van der Waals surface area contributed by atoms with E-state index in [0.29, 0.717) is 4.75 Å². The molecule has 1 aliphatic rings. The Kier molecular flexibility index (Phi) is 2.96. The van der Waals surface area contributed by atoms with Crippen molar-refractivity contribution in [3.8, 4) is 5.75 Å². The molecule has 15 heavy (non-hydrogen) atoms. The molecule has 1 aromatic rings. The molecule has 2 heteroatoms. The first-order valence-electron chi connectivity index (χ1n) is 5.42. The van der Waals surface area contributed by atoms with Crippen LogP contribution in [0.15, 0.2) is 18.2 Å². The Morgan fingerprint density at radius 3 is 2.87 bits per heavy atom. The molecule has 1 nitrogen and oxygen atoms in total. The first kappa shape index (κ1) is 10.9. The second-order valence-corrected chi connectivity index (χ2v) is 5.62. The van der Waals surface area contributed by atoms with E-state index in [-0.39, 0.29) is 0 Å². The zero-order chi connectivity index (χ0) is 10.9. The van der Waals surface area contributed by atoms with E-state index in [1.165, 1.54) is 30.4 Å². The predicted octanol–water partition coefficient (Wildman–Crippen LogP) is 3.61. The molecule has 0 aliphatic heterocycles. The minimum atomic E-state index is 0.305. The van der Waals surface area contributed by atoms with Crippen LogP contribution in [0.5, 0.6) is 5.75 Å². The van der Waals surface area contributed by atoms with Gasteiger partial charge in [-0.15, -0.1) is 0 Å². The molecule has 0 bridgehead atoms. The quantitative estimate of drug-likeness (QED) is 0.756. The first-order valence-corrected chi connectivity index (χ1v) is 6.64. The summed E-state index contributed by atoms with van der Waals surface area (Å²) in [7, 11) is 1.73. The summed E-state index contributed by atoms with van der Waals surface area (Å²) in [6.45, 7) is 2.35. The number of hydrogen-bond acceptors (Lipinski definition) is 2. The lowest BCUT2D eigenvalue weighted by Gasteiger charge is -2.34. The molecule has 2 rings (SSSR count). The standard InChI is InChI=1S/C13H18OS/c1-13(15-3)8-4-5-10-9-11(14-2)6-7-12(10)13/h6-7,9H,4-5,8H2,1-3H3. The van der Waals surface area contributed by atoms with E-state index < -0.39 is 0 Å². The van der Waals surface area contributed by atoms with Gasteiger partial charge in [-0.3, -0.25) is 0 Å². The molecule has 0 aromatic heterocycles. The van der Waals surface area contributed by atoms with Crippen molar-refractivity contribution in [3.63, 3.8) is 0 Å². The van der Waals surface area contributed by atoms with Crippen LogP contribution in [0.1, 0.15) is 30.9 Å².